The first-order valence-corrected chi connectivity index (χ1v) is 8.60. The second-order valence-corrected chi connectivity index (χ2v) is 6.75. The van der Waals surface area contributed by atoms with Crippen molar-refractivity contribution in [3.05, 3.63) is 29.3 Å². The SMILES string of the molecule is Cc1ccc(OC2CCCCC2)c(C2CCCCC2)c1. The molecule has 1 heteroatoms. The van der Waals surface area contributed by atoms with Gasteiger partial charge in [0.1, 0.15) is 5.75 Å². The van der Waals surface area contributed by atoms with Gasteiger partial charge in [0, 0.05) is 0 Å². The summed E-state index contributed by atoms with van der Waals surface area (Å²) in [6.07, 6.45) is 13.9. The number of benzene rings is 1. The van der Waals surface area contributed by atoms with E-state index in [0.29, 0.717) is 6.10 Å². The summed E-state index contributed by atoms with van der Waals surface area (Å²) in [6.45, 7) is 2.21. The van der Waals surface area contributed by atoms with Gasteiger partial charge in [0.15, 0.2) is 0 Å². The average molecular weight is 272 g/mol. The van der Waals surface area contributed by atoms with Gasteiger partial charge in [-0.25, -0.2) is 0 Å². The Hall–Kier alpha value is -0.980. The first-order chi connectivity index (χ1) is 9.83. The molecule has 0 radical (unpaired) electrons. The summed E-state index contributed by atoms with van der Waals surface area (Å²) < 4.78 is 6.39. The summed E-state index contributed by atoms with van der Waals surface area (Å²) in [5, 5.41) is 0. The molecule has 0 atom stereocenters. The van der Waals surface area contributed by atoms with Crippen LogP contribution in [0.5, 0.6) is 5.75 Å². The molecule has 1 aromatic carbocycles. The van der Waals surface area contributed by atoms with E-state index in [1.165, 1.54) is 81.1 Å². The Kier molecular flexibility index (Phi) is 4.65. The van der Waals surface area contributed by atoms with Crippen LogP contribution in [0.2, 0.25) is 0 Å². The molecule has 20 heavy (non-hydrogen) atoms. The molecule has 2 aliphatic carbocycles. The van der Waals surface area contributed by atoms with Gasteiger partial charge in [-0.15, -0.1) is 0 Å². The highest BCUT2D eigenvalue weighted by molar-refractivity contribution is 5.40. The van der Waals surface area contributed by atoms with Crippen LogP contribution in [-0.4, -0.2) is 6.10 Å². The van der Waals surface area contributed by atoms with Crippen LogP contribution in [0.1, 0.15) is 81.3 Å². The number of ether oxygens (including phenoxy) is 1. The van der Waals surface area contributed by atoms with Crippen molar-refractivity contribution >= 4 is 0 Å². The van der Waals surface area contributed by atoms with Crippen molar-refractivity contribution in [1.29, 1.82) is 0 Å². The molecule has 1 aromatic rings. The van der Waals surface area contributed by atoms with Crippen molar-refractivity contribution in [3.63, 3.8) is 0 Å². The topological polar surface area (TPSA) is 9.23 Å². The van der Waals surface area contributed by atoms with Crippen LogP contribution >= 0.6 is 0 Å². The molecule has 0 heterocycles. The maximum absolute atomic E-state index is 6.39. The van der Waals surface area contributed by atoms with E-state index in [1.807, 2.05) is 0 Å². The molecule has 0 aliphatic heterocycles. The predicted octanol–water partition coefficient (Wildman–Crippen LogP) is 5.75. The fourth-order valence-electron chi connectivity index (χ4n) is 3.87. The summed E-state index contributed by atoms with van der Waals surface area (Å²) in [7, 11) is 0. The first-order valence-electron chi connectivity index (χ1n) is 8.60. The molecule has 0 bridgehead atoms. The van der Waals surface area contributed by atoms with Crippen molar-refractivity contribution in [2.24, 2.45) is 0 Å². The zero-order valence-electron chi connectivity index (χ0n) is 12.9. The van der Waals surface area contributed by atoms with Crippen molar-refractivity contribution in [2.75, 3.05) is 0 Å². The van der Waals surface area contributed by atoms with E-state index >= 15 is 0 Å². The summed E-state index contributed by atoms with van der Waals surface area (Å²) >= 11 is 0. The van der Waals surface area contributed by atoms with Gasteiger partial charge < -0.3 is 4.74 Å². The third kappa shape index (κ3) is 3.37. The van der Waals surface area contributed by atoms with Crippen LogP contribution < -0.4 is 4.74 Å². The Morgan fingerprint density at radius 2 is 1.50 bits per heavy atom. The second-order valence-electron chi connectivity index (χ2n) is 6.75. The minimum atomic E-state index is 0.466. The lowest BCUT2D eigenvalue weighted by Gasteiger charge is -2.28. The Morgan fingerprint density at radius 1 is 0.850 bits per heavy atom. The molecule has 3 rings (SSSR count). The number of aryl methyl sites for hydroxylation is 1. The van der Waals surface area contributed by atoms with Crippen LogP contribution in [-0.2, 0) is 0 Å². The normalized spacial score (nSPS) is 21.9. The molecule has 0 spiro atoms. The highest BCUT2D eigenvalue weighted by Gasteiger charge is 2.22. The molecule has 0 amide bonds. The lowest BCUT2D eigenvalue weighted by Crippen LogP contribution is -2.21. The summed E-state index contributed by atoms with van der Waals surface area (Å²) in [4.78, 5) is 0. The van der Waals surface area contributed by atoms with Gasteiger partial charge in [0.25, 0.3) is 0 Å². The van der Waals surface area contributed by atoms with Crippen molar-refractivity contribution in [1.82, 2.24) is 0 Å². The molecule has 0 saturated heterocycles. The molecule has 0 N–H and O–H groups in total. The Labute approximate surface area is 123 Å². The molecular formula is C19H28O. The van der Waals surface area contributed by atoms with Crippen LogP contribution in [0.25, 0.3) is 0 Å². The molecule has 2 saturated carbocycles. The van der Waals surface area contributed by atoms with Crippen molar-refractivity contribution in [3.8, 4) is 5.75 Å². The minimum absolute atomic E-state index is 0.466. The third-order valence-corrected chi connectivity index (χ3v) is 5.06. The summed E-state index contributed by atoms with van der Waals surface area (Å²) in [5.41, 5.74) is 2.87. The van der Waals surface area contributed by atoms with E-state index in [9.17, 15) is 0 Å². The van der Waals surface area contributed by atoms with E-state index in [2.05, 4.69) is 25.1 Å². The van der Waals surface area contributed by atoms with Gasteiger partial charge in [0.2, 0.25) is 0 Å². The fraction of sp³-hybridized carbons (Fsp3) is 0.684. The minimum Gasteiger partial charge on any atom is -0.490 e. The smallest absolute Gasteiger partial charge is 0.123 e. The largest absolute Gasteiger partial charge is 0.490 e. The maximum atomic E-state index is 6.39. The highest BCUT2D eigenvalue weighted by atomic mass is 16.5. The number of rotatable bonds is 3. The standard InChI is InChI=1S/C19H28O/c1-15-12-13-19(20-17-10-6-3-7-11-17)18(14-15)16-8-4-2-5-9-16/h12-14,16-17H,2-11H2,1H3. The monoisotopic (exact) mass is 272 g/mol. The van der Waals surface area contributed by atoms with Gasteiger partial charge in [-0.1, -0.05) is 43.4 Å². The van der Waals surface area contributed by atoms with E-state index in [4.69, 9.17) is 4.74 Å². The molecule has 110 valence electrons. The zero-order chi connectivity index (χ0) is 13.8. The van der Waals surface area contributed by atoms with Gasteiger partial charge in [-0.2, -0.15) is 0 Å². The third-order valence-electron chi connectivity index (χ3n) is 5.06. The van der Waals surface area contributed by atoms with Crippen LogP contribution in [0.3, 0.4) is 0 Å². The van der Waals surface area contributed by atoms with Crippen LogP contribution in [0.15, 0.2) is 18.2 Å². The number of hydrogen-bond acceptors (Lipinski definition) is 1. The number of hydrogen-bond donors (Lipinski definition) is 0. The zero-order valence-corrected chi connectivity index (χ0v) is 12.9. The fourth-order valence-corrected chi connectivity index (χ4v) is 3.87. The summed E-state index contributed by atoms with van der Waals surface area (Å²) in [6, 6.07) is 6.83. The van der Waals surface area contributed by atoms with Gasteiger partial charge in [0.05, 0.1) is 6.10 Å². The molecular weight excluding hydrogens is 244 g/mol. The van der Waals surface area contributed by atoms with Gasteiger partial charge in [-0.3, -0.25) is 0 Å². The quantitative estimate of drug-likeness (QED) is 0.680. The van der Waals surface area contributed by atoms with E-state index < -0.39 is 0 Å². The van der Waals surface area contributed by atoms with Crippen LogP contribution in [0.4, 0.5) is 0 Å². The maximum Gasteiger partial charge on any atom is 0.123 e. The Morgan fingerprint density at radius 3 is 2.20 bits per heavy atom. The Balaban J connectivity index is 1.77. The molecule has 2 fully saturated rings. The van der Waals surface area contributed by atoms with Crippen molar-refractivity contribution < 1.29 is 4.74 Å². The molecule has 2 aliphatic rings. The lowest BCUT2D eigenvalue weighted by atomic mass is 9.83. The Bertz CT molecular complexity index is 425. The van der Waals surface area contributed by atoms with E-state index in [-0.39, 0.29) is 0 Å². The van der Waals surface area contributed by atoms with E-state index in [0.717, 1.165) is 5.92 Å². The molecule has 1 nitrogen and oxygen atoms in total. The highest BCUT2D eigenvalue weighted by Crippen LogP contribution is 2.39. The van der Waals surface area contributed by atoms with Gasteiger partial charge in [-0.05, 0) is 63.0 Å². The van der Waals surface area contributed by atoms with E-state index in [1.54, 1.807) is 0 Å². The average Bonchev–Trinajstić information content (AvgIpc) is 2.51. The van der Waals surface area contributed by atoms with Crippen molar-refractivity contribution in [2.45, 2.75) is 83.2 Å². The summed E-state index contributed by atoms with van der Waals surface area (Å²) in [5.74, 6) is 1.93. The lowest BCUT2D eigenvalue weighted by molar-refractivity contribution is 0.152. The second kappa shape index (κ2) is 6.65. The van der Waals surface area contributed by atoms with Crippen LogP contribution in [0, 0.1) is 6.92 Å². The first kappa shape index (κ1) is 14.0. The van der Waals surface area contributed by atoms with Gasteiger partial charge >= 0.3 is 0 Å². The molecule has 0 unspecified atom stereocenters. The molecule has 0 aromatic heterocycles. The predicted molar refractivity (Wildman–Crippen MR) is 84.5 cm³/mol.